The average Bonchev–Trinajstić information content (AvgIpc) is 3.18. The SMILES string of the molecule is COc1ccc(S(=O)(=O)Oc2cc3c(cc2OC)C2CC[C@]4(C)C(CC[C@H]4CC(=O)O)C2CC3)cc1. The molecule has 2 aromatic rings. The molecule has 36 heavy (non-hydrogen) atoms. The molecule has 3 aliphatic carbocycles. The van der Waals surface area contributed by atoms with E-state index in [0.717, 1.165) is 44.1 Å². The standard InChI is InChI=1S/C28H34O7S/c1-28-13-12-21-22(24(28)11-5-18(28)15-27(29)30)10-4-17-14-26(25(34-3)16-23(17)21)35-36(31,32)20-8-6-19(33-2)7-9-20/h6-9,14,16,18,21-22,24H,4-5,10-13,15H2,1-3H3,(H,29,30)/t18-,21?,22?,24?,28-/m0/s1. The molecule has 3 aliphatic rings. The largest absolute Gasteiger partial charge is 0.497 e. The van der Waals surface area contributed by atoms with E-state index in [-0.39, 0.29) is 28.4 Å². The number of carbonyl (C=O) groups is 1. The number of hydrogen-bond acceptors (Lipinski definition) is 6. The molecule has 0 aromatic heterocycles. The van der Waals surface area contributed by atoms with Crippen LogP contribution in [-0.2, 0) is 21.3 Å². The Morgan fingerprint density at radius 3 is 2.44 bits per heavy atom. The monoisotopic (exact) mass is 514 g/mol. The van der Waals surface area contributed by atoms with Crippen LogP contribution in [0.5, 0.6) is 17.2 Å². The summed E-state index contributed by atoms with van der Waals surface area (Å²) in [6.45, 7) is 2.31. The van der Waals surface area contributed by atoms with Crippen LogP contribution in [-0.4, -0.2) is 33.7 Å². The molecule has 5 rings (SSSR count). The summed E-state index contributed by atoms with van der Waals surface area (Å²) in [5.74, 6) is 2.13. The molecule has 2 saturated carbocycles. The van der Waals surface area contributed by atoms with Gasteiger partial charge in [-0.3, -0.25) is 4.79 Å². The van der Waals surface area contributed by atoms with Crippen LogP contribution < -0.4 is 13.7 Å². The van der Waals surface area contributed by atoms with Crippen molar-refractivity contribution in [3.05, 3.63) is 47.5 Å². The molecule has 0 saturated heterocycles. The van der Waals surface area contributed by atoms with Gasteiger partial charge in [-0.05, 0) is 115 Å². The number of benzene rings is 2. The van der Waals surface area contributed by atoms with Crippen molar-refractivity contribution in [1.29, 1.82) is 0 Å². The van der Waals surface area contributed by atoms with Crippen molar-refractivity contribution in [2.45, 2.75) is 62.7 Å². The molecular formula is C28H34O7S. The van der Waals surface area contributed by atoms with Gasteiger partial charge in [0.2, 0.25) is 0 Å². The predicted octanol–water partition coefficient (Wildman–Crippen LogP) is 5.42. The van der Waals surface area contributed by atoms with Crippen LogP contribution in [0.15, 0.2) is 41.3 Å². The first kappa shape index (κ1) is 24.9. The second kappa shape index (κ2) is 9.29. The van der Waals surface area contributed by atoms with Crippen molar-refractivity contribution in [2.75, 3.05) is 14.2 Å². The highest BCUT2D eigenvalue weighted by Gasteiger charge is 2.55. The van der Waals surface area contributed by atoms with Gasteiger partial charge in [0.15, 0.2) is 11.5 Å². The van der Waals surface area contributed by atoms with E-state index < -0.39 is 16.1 Å². The quantitative estimate of drug-likeness (QED) is 0.493. The van der Waals surface area contributed by atoms with Gasteiger partial charge < -0.3 is 18.8 Å². The lowest BCUT2D eigenvalue weighted by molar-refractivity contribution is -0.139. The number of methoxy groups -OCH3 is 2. The third-order valence-electron chi connectivity index (χ3n) is 9.17. The Labute approximate surface area is 212 Å². The normalized spacial score (nSPS) is 29.0. The summed E-state index contributed by atoms with van der Waals surface area (Å²) in [5.41, 5.74) is 2.41. The van der Waals surface area contributed by atoms with E-state index >= 15 is 0 Å². The zero-order chi connectivity index (χ0) is 25.7. The minimum atomic E-state index is -4.04. The van der Waals surface area contributed by atoms with E-state index in [1.165, 1.54) is 31.9 Å². The van der Waals surface area contributed by atoms with Crippen LogP contribution in [0.25, 0.3) is 0 Å². The van der Waals surface area contributed by atoms with E-state index in [4.69, 9.17) is 13.7 Å². The molecule has 7 nitrogen and oxygen atoms in total. The van der Waals surface area contributed by atoms with Gasteiger partial charge >= 0.3 is 16.1 Å². The van der Waals surface area contributed by atoms with Crippen LogP contribution in [0.2, 0.25) is 0 Å². The zero-order valence-electron chi connectivity index (χ0n) is 21.0. The fourth-order valence-electron chi connectivity index (χ4n) is 7.37. The molecule has 3 unspecified atom stereocenters. The number of rotatable bonds is 7. The molecule has 2 fully saturated rings. The van der Waals surface area contributed by atoms with Gasteiger partial charge in [-0.1, -0.05) is 6.92 Å². The van der Waals surface area contributed by atoms with E-state index in [1.54, 1.807) is 12.1 Å². The second-order valence-corrected chi connectivity index (χ2v) is 12.3. The summed E-state index contributed by atoms with van der Waals surface area (Å²) < 4.78 is 42.2. The van der Waals surface area contributed by atoms with Crippen molar-refractivity contribution in [1.82, 2.24) is 0 Å². The number of fused-ring (bicyclic) bond motifs is 5. The van der Waals surface area contributed by atoms with Gasteiger partial charge in [0, 0.05) is 6.42 Å². The lowest BCUT2D eigenvalue weighted by Gasteiger charge is -2.51. The Morgan fingerprint density at radius 1 is 1.03 bits per heavy atom. The molecule has 5 atom stereocenters. The Morgan fingerprint density at radius 2 is 1.78 bits per heavy atom. The molecule has 0 heterocycles. The molecule has 0 radical (unpaired) electrons. The molecule has 8 heteroatoms. The van der Waals surface area contributed by atoms with Gasteiger partial charge in [0.25, 0.3) is 0 Å². The third kappa shape index (κ3) is 4.23. The number of ether oxygens (including phenoxy) is 2. The van der Waals surface area contributed by atoms with Gasteiger partial charge in [-0.25, -0.2) is 0 Å². The summed E-state index contributed by atoms with van der Waals surface area (Å²) in [6, 6.07) is 9.89. The van der Waals surface area contributed by atoms with Crippen molar-refractivity contribution in [3.8, 4) is 17.2 Å². The first-order valence-corrected chi connectivity index (χ1v) is 14.1. The molecule has 0 bridgehead atoms. The maximum absolute atomic E-state index is 13.0. The Hall–Kier alpha value is -2.74. The summed E-state index contributed by atoms with van der Waals surface area (Å²) in [4.78, 5) is 11.5. The van der Waals surface area contributed by atoms with Crippen molar-refractivity contribution >= 4 is 16.1 Å². The molecular weight excluding hydrogens is 480 g/mol. The smallest absolute Gasteiger partial charge is 0.339 e. The zero-order valence-corrected chi connectivity index (χ0v) is 21.8. The molecule has 194 valence electrons. The van der Waals surface area contributed by atoms with Crippen LogP contribution in [0, 0.1) is 23.2 Å². The topological polar surface area (TPSA) is 99.1 Å². The van der Waals surface area contributed by atoms with Crippen LogP contribution >= 0.6 is 0 Å². The van der Waals surface area contributed by atoms with Crippen LogP contribution in [0.1, 0.15) is 62.5 Å². The summed E-state index contributed by atoms with van der Waals surface area (Å²) in [5, 5.41) is 9.43. The first-order valence-electron chi connectivity index (χ1n) is 12.7. The maximum atomic E-state index is 13.0. The highest BCUT2D eigenvalue weighted by molar-refractivity contribution is 7.87. The van der Waals surface area contributed by atoms with E-state index in [9.17, 15) is 18.3 Å². The Bertz CT molecular complexity index is 1250. The van der Waals surface area contributed by atoms with Crippen molar-refractivity contribution in [2.24, 2.45) is 23.2 Å². The summed E-state index contributed by atoms with van der Waals surface area (Å²) in [7, 11) is -0.988. The van der Waals surface area contributed by atoms with E-state index in [1.807, 2.05) is 12.1 Å². The molecule has 1 N–H and O–H groups in total. The number of carboxylic acid groups (broad SMARTS) is 1. The Balaban J connectivity index is 1.42. The maximum Gasteiger partial charge on any atom is 0.339 e. The van der Waals surface area contributed by atoms with E-state index in [2.05, 4.69) is 6.92 Å². The molecule has 2 aromatic carbocycles. The van der Waals surface area contributed by atoms with Gasteiger partial charge in [-0.2, -0.15) is 8.42 Å². The second-order valence-electron chi connectivity index (χ2n) is 10.7. The fourth-order valence-corrected chi connectivity index (χ4v) is 8.30. The Kier molecular flexibility index (Phi) is 6.43. The minimum absolute atomic E-state index is 0.0480. The van der Waals surface area contributed by atoms with Gasteiger partial charge in [0.05, 0.1) is 14.2 Å². The molecule has 0 amide bonds. The van der Waals surface area contributed by atoms with Crippen molar-refractivity contribution < 1.29 is 32.0 Å². The minimum Gasteiger partial charge on any atom is -0.497 e. The fraction of sp³-hybridized carbons (Fsp3) is 0.536. The average molecular weight is 515 g/mol. The molecule has 0 spiro atoms. The highest BCUT2D eigenvalue weighted by Crippen LogP contribution is 2.64. The predicted molar refractivity (Wildman–Crippen MR) is 134 cm³/mol. The summed E-state index contributed by atoms with van der Waals surface area (Å²) >= 11 is 0. The number of carboxylic acids is 1. The number of aliphatic carboxylic acids is 1. The number of hydrogen-bond donors (Lipinski definition) is 1. The summed E-state index contributed by atoms with van der Waals surface area (Å²) in [6.07, 6.45) is 6.23. The number of aryl methyl sites for hydroxylation is 1. The van der Waals surface area contributed by atoms with Crippen molar-refractivity contribution in [3.63, 3.8) is 0 Å². The van der Waals surface area contributed by atoms with Crippen LogP contribution in [0.4, 0.5) is 0 Å². The first-order chi connectivity index (χ1) is 17.2. The third-order valence-corrected chi connectivity index (χ3v) is 10.4. The molecule has 0 aliphatic heterocycles. The lowest BCUT2D eigenvalue weighted by atomic mass is 9.54. The highest BCUT2D eigenvalue weighted by atomic mass is 32.2. The van der Waals surface area contributed by atoms with Gasteiger partial charge in [0.1, 0.15) is 10.6 Å². The van der Waals surface area contributed by atoms with Crippen LogP contribution in [0.3, 0.4) is 0 Å². The van der Waals surface area contributed by atoms with Gasteiger partial charge in [-0.15, -0.1) is 0 Å². The van der Waals surface area contributed by atoms with E-state index in [0.29, 0.717) is 29.3 Å². The lowest BCUT2D eigenvalue weighted by Crippen LogP contribution is -2.42.